The molecule has 0 aliphatic carbocycles. The van der Waals surface area contributed by atoms with Crippen LogP contribution in [-0.2, 0) is 4.74 Å². The molecule has 1 saturated heterocycles. The number of hydrogen-bond acceptors (Lipinski definition) is 2. The zero-order valence-corrected chi connectivity index (χ0v) is 9.93. The van der Waals surface area contributed by atoms with Gasteiger partial charge in [-0.3, -0.25) is 0 Å². The minimum atomic E-state index is -0.363. The van der Waals surface area contributed by atoms with Gasteiger partial charge in [0.25, 0.3) is 0 Å². The highest BCUT2D eigenvalue weighted by Crippen LogP contribution is 2.33. The summed E-state index contributed by atoms with van der Waals surface area (Å²) in [6.45, 7) is 1.48. The van der Waals surface area contributed by atoms with Crippen LogP contribution in [0.3, 0.4) is 0 Å². The molecule has 0 saturated carbocycles. The summed E-state index contributed by atoms with van der Waals surface area (Å²) in [5, 5.41) is 3.41. The molecule has 1 aliphatic rings. The molecular weight excluding hydrogens is 229 g/mol. The Kier molecular flexibility index (Phi) is 3.79. The number of benzene rings is 1. The fourth-order valence-electron chi connectivity index (χ4n) is 2.22. The van der Waals surface area contributed by atoms with E-state index in [1.165, 1.54) is 6.07 Å². The summed E-state index contributed by atoms with van der Waals surface area (Å²) < 4.78 is 18.7. The lowest BCUT2D eigenvalue weighted by Crippen LogP contribution is -2.26. The topological polar surface area (TPSA) is 21.3 Å². The smallest absolute Gasteiger partial charge is 0.142 e. The van der Waals surface area contributed by atoms with Crippen LogP contribution in [0.5, 0.6) is 0 Å². The van der Waals surface area contributed by atoms with E-state index < -0.39 is 0 Å². The first-order chi connectivity index (χ1) is 7.74. The third-order valence-electron chi connectivity index (χ3n) is 3.06. The lowest BCUT2D eigenvalue weighted by Gasteiger charge is -2.23. The maximum Gasteiger partial charge on any atom is 0.142 e. The average Bonchev–Trinajstić information content (AvgIpc) is 2.79. The van der Waals surface area contributed by atoms with Crippen molar-refractivity contribution in [3.63, 3.8) is 0 Å². The molecule has 1 aromatic carbocycles. The van der Waals surface area contributed by atoms with Crippen LogP contribution in [-0.4, -0.2) is 20.3 Å². The molecule has 0 amide bonds. The highest BCUT2D eigenvalue weighted by molar-refractivity contribution is 6.31. The average molecular weight is 244 g/mol. The van der Waals surface area contributed by atoms with Crippen molar-refractivity contribution in [3.05, 3.63) is 34.6 Å². The van der Waals surface area contributed by atoms with Gasteiger partial charge in [0, 0.05) is 18.6 Å². The Morgan fingerprint density at radius 3 is 3.00 bits per heavy atom. The molecule has 2 unspecified atom stereocenters. The van der Waals surface area contributed by atoms with Gasteiger partial charge in [-0.1, -0.05) is 23.7 Å². The molecule has 1 aromatic rings. The fraction of sp³-hybridized carbons (Fsp3) is 0.500. The van der Waals surface area contributed by atoms with Gasteiger partial charge in [0.2, 0.25) is 0 Å². The van der Waals surface area contributed by atoms with E-state index in [0.29, 0.717) is 12.5 Å². The number of halogens is 2. The van der Waals surface area contributed by atoms with E-state index in [1.54, 1.807) is 6.07 Å². The van der Waals surface area contributed by atoms with Crippen molar-refractivity contribution in [1.29, 1.82) is 0 Å². The lowest BCUT2D eigenvalue weighted by atomic mass is 9.92. The number of nitrogens with one attached hydrogen (secondary N) is 1. The molecule has 0 aromatic heterocycles. The lowest BCUT2D eigenvalue weighted by molar-refractivity contribution is 0.178. The van der Waals surface area contributed by atoms with Gasteiger partial charge in [0.1, 0.15) is 5.82 Å². The summed E-state index contributed by atoms with van der Waals surface area (Å²) in [6, 6.07) is 5.00. The third kappa shape index (κ3) is 2.21. The van der Waals surface area contributed by atoms with Gasteiger partial charge in [-0.15, -0.1) is 0 Å². The van der Waals surface area contributed by atoms with Crippen LogP contribution in [0.15, 0.2) is 18.2 Å². The quantitative estimate of drug-likeness (QED) is 0.882. The first-order valence-corrected chi connectivity index (χ1v) is 5.80. The molecule has 0 radical (unpaired) electrons. The molecule has 0 bridgehead atoms. The molecule has 2 rings (SSSR count). The van der Waals surface area contributed by atoms with Crippen LogP contribution in [0.25, 0.3) is 0 Å². The Labute approximate surface area is 99.7 Å². The molecule has 0 spiro atoms. The normalized spacial score (nSPS) is 22.3. The summed E-state index contributed by atoms with van der Waals surface area (Å²) in [5.74, 6) is 0.00244. The van der Waals surface area contributed by atoms with Crippen LogP contribution in [0.1, 0.15) is 18.0 Å². The van der Waals surface area contributed by atoms with Gasteiger partial charge in [-0.2, -0.15) is 0 Å². The van der Waals surface area contributed by atoms with Gasteiger partial charge in [-0.05, 0) is 25.1 Å². The Hall–Kier alpha value is -0.640. The SMILES string of the molecule is CNC(c1cccc(F)c1Cl)C1CCOC1. The third-order valence-corrected chi connectivity index (χ3v) is 3.46. The number of ether oxygens (including phenoxy) is 1. The van der Waals surface area contributed by atoms with E-state index in [0.717, 1.165) is 18.6 Å². The summed E-state index contributed by atoms with van der Waals surface area (Å²) >= 11 is 5.99. The molecule has 1 fully saturated rings. The van der Waals surface area contributed by atoms with E-state index in [4.69, 9.17) is 16.3 Å². The Morgan fingerprint density at radius 2 is 2.38 bits per heavy atom. The van der Waals surface area contributed by atoms with Gasteiger partial charge in [0.15, 0.2) is 0 Å². The fourth-order valence-corrected chi connectivity index (χ4v) is 2.46. The summed E-state index contributed by atoms with van der Waals surface area (Å²) in [6.07, 6.45) is 0.984. The minimum absolute atomic E-state index is 0.0608. The number of rotatable bonds is 3. The summed E-state index contributed by atoms with van der Waals surface area (Å²) in [5.41, 5.74) is 0.819. The van der Waals surface area contributed by atoms with E-state index in [-0.39, 0.29) is 16.9 Å². The Bertz CT molecular complexity index is 366. The zero-order valence-electron chi connectivity index (χ0n) is 9.17. The molecule has 2 atom stereocenters. The van der Waals surface area contributed by atoms with Crippen molar-refractivity contribution in [3.8, 4) is 0 Å². The van der Waals surface area contributed by atoms with E-state index >= 15 is 0 Å². The van der Waals surface area contributed by atoms with Crippen molar-refractivity contribution in [2.75, 3.05) is 20.3 Å². The maximum absolute atomic E-state index is 13.4. The van der Waals surface area contributed by atoms with Gasteiger partial charge >= 0.3 is 0 Å². The molecule has 1 aliphatic heterocycles. The Balaban J connectivity index is 2.28. The second-order valence-electron chi connectivity index (χ2n) is 4.03. The van der Waals surface area contributed by atoms with E-state index in [9.17, 15) is 4.39 Å². The zero-order chi connectivity index (χ0) is 11.5. The van der Waals surface area contributed by atoms with Crippen molar-refractivity contribution in [2.45, 2.75) is 12.5 Å². The predicted molar refractivity (Wildman–Crippen MR) is 62.1 cm³/mol. The van der Waals surface area contributed by atoms with Gasteiger partial charge in [-0.25, -0.2) is 4.39 Å². The van der Waals surface area contributed by atoms with Crippen LogP contribution in [0.4, 0.5) is 4.39 Å². The molecule has 2 nitrogen and oxygen atoms in total. The maximum atomic E-state index is 13.4. The van der Waals surface area contributed by atoms with Gasteiger partial charge in [0.05, 0.1) is 11.6 Å². The highest BCUT2D eigenvalue weighted by Gasteiger charge is 2.27. The van der Waals surface area contributed by atoms with Crippen LogP contribution in [0.2, 0.25) is 5.02 Å². The Morgan fingerprint density at radius 1 is 1.56 bits per heavy atom. The monoisotopic (exact) mass is 243 g/mol. The van der Waals surface area contributed by atoms with Crippen molar-refractivity contribution in [1.82, 2.24) is 5.32 Å². The number of hydrogen-bond donors (Lipinski definition) is 1. The largest absolute Gasteiger partial charge is 0.381 e. The first kappa shape index (κ1) is 11.8. The second kappa shape index (κ2) is 5.13. The molecule has 1 N–H and O–H groups in total. The van der Waals surface area contributed by atoms with Gasteiger partial charge < -0.3 is 10.1 Å². The molecule has 16 heavy (non-hydrogen) atoms. The standard InChI is InChI=1S/C12H15ClFNO/c1-15-12(8-5-6-16-7-8)9-3-2-4-10(14)11(9)13/h2-4,8,12,15H,5-7H2,1H3. The highest BCUT2D eigenvalue weighted by atomic mass is 35.5. The molecule has 1 heterocycles. The molecule has 88 valence electrons. The van der Waals surface area contributed by atoms with Crippen LogP contribution in [0, 0.1) is 11.7 Å². The first-order valence-electron chi connectivity index (χ1n) is 5.43. The summed E-state index contributed by atoms with van der Waals surface area (Å²) in [4.78, 5) is 0. The second-order valence-corrected chi connectivity index (χ2v) is 4.41. The van der Waals surface area contributed by atoms with Crippen LogP contribution < -0.4 is 5.32 Å². The van der Waals surface area contributed by atoms with Crippen molar-refractivity contribution < 1.29 is 9.13 Å². The molecule has 4 heteroatoms. The van der Waals surface area contributed by atoms with Crippen molar-refractivity contribution >= 4 is 11.6 Å². The van der Waals surface area contributed by atoms with Crippen LogP contribution >= 0.6 is 11.6 Å². The van der Waals surface area contributed by atoms with E-state index in [2.05, 4.69) is 5.32 Å². The molecular formula is C12H15ClFNO. The summed E-state index contributed by atoms with van der Waals surface area (Å²) in [7, 11) is 1.87. The predicted octanol–water partition coefficient (Wildman–Crippen LogP) is 2.78. The van der Waals surface area contributed by atoms with Crippen molar-refractivity contribution in [2.24, 2.45) is 5.92 Å². The van der Waals surface area contributed by atoms with E-state index in [1.807, 2.05) is 13.1 Å². The minimum Gasteiger partial charge on any atom is -0.381 e.